The lowest BCUT2D eigenvalue weighted by Crippen LogP contribution is -2.11. The molecule has 1 rings (SSSR count). The first-order valence-corrected chi connectivity index (χ1v) is 6.39. The van der Waals surface area contributed by atoms with Crippen molar-refractivity contribution >= 4 is 51.2 Å². The van der Waals surface area contributed by atoms with E-state index in [-0.39, 0.29) is 6.61 Å². The number of carboxylic acids is 1. The Balaban J connectivity index is 3.07. The van der Waals surface area contributed by atoms with Gasteiger partial charge in [0.2, 0.25) is 0 Å². The first kappa shape index (κ1) is 13.0. The van der Waals surface area contributed by atoms with Crippen LogP contribution in [-0.4, -0.2) is 17.7 Å². The van der Waals surface area contributed by atoms with Gasteiger partial charge < -0.3 is 9.84 Å². The lowest BCUT2D eigenvalue weighted by atomic mass is 10.1. The van der Waals surface area contributed by atoms with Gasteiger partial charge in [0.15, 0.2) is 6.61 Å². The van der Waals surface area contributed by atoms with Crippen molar-refractivity contribution in [2.24, 2.45) is 0 Å². The molecule has 0 saturated heterocycles. The van der Waals surface area contributed by atoms with Gasteiger partial charge in [0.25, 0.3) is 0 Å². The number of benzene rings is 1. The molecule has 0 aromatic heterocycles. The van der Waals surface area contributed by atoms with Crippen LogP contribution in [0, 0.1) is 21.0 Å². The minimum absolute atomic E-state index is 0.295. The third kappa shape index (κ3) is 3.20. The van der Waals surface area contributed by atoms with Gasteiger partial charge in [0.1, 0.15) is 5.75 Å². The molecule has 5 heteroatoms. The Morgan fingerprint density at radius 1 is 1.47 bits per heavy atom. The fourth-order valence-corrected chi connectivity index (χ4v) is 3.25. The van der Waals surface area contributed by atoms with E-state index in [2.05, 4.69) is 45.2 Å². The van der Waals surface area contributed by atoms with Crippen LogP contribution >= 0.6 is 45.2 Å². The molecule has 0 unspecified atom stereocenters. The van der Waals surface area contributed by atoms with Crippen LogP contribution < -0.4 is 4.74 Å². The van der Waals surface area contributed by atoms with Gasteiger partial charge in [-0.2, -0.15) is 0 Å². The number of carboxylic acid groups (broad SMARTS) is 1. The Bertz CT molecular complexity index is 402. The fraction of sp³-hybridized carbons (Fsp3) is 0.300. The van der Waals surface area contributed by atoms with E-state index in [1.807, 2.05) is 19.9 Å². The third-order valence-corrected chi connectivity index (χ3v) is 4.35. The molecule has 0 aliphatic rings. The number of hydrogen-bond donors (Lipinski definition) is 1. The van der Waals surface area contributed by atoms with E-state index in [4.69, 9.17) is 9.84 Å². The second kappa shape index (κ2) is 5.33. The summed E-state index contributed by atoms with van der Waals surface area (Å²) in [5.41, 5.74) is 2.10. The molecule has 1 N–H and O–H groups in total. The van der Waals surface area contributed by atoms with E-state index in [1.54, 1.807) is 0 Å². The van der Waals surface area contributed by atoms with E-state index >= 15 is 0 Å². The van der Waals surface area contributed by atoms with Crippen LogP contribution in [0.3, 0.4) is 0 Å². The molecule has 0 spiro atoms. The van der Waals surface area contributed by atoms with Gasteiger partial charge in [-0.05, 0) is 76.2 Å². The maximum absolute atomic E-state index is 10.4. The smallest absolute Gasteiger partial charge is 0.341 e. The Morgan fingerprint density at radius 3 is 2.60 bits per heavy atom. The molecule has 3 nitrogen and oxygen atoms in total. The largest absolute Gasteiger partial charge is 0.481 e. The number of carbonyl (C=O) groups is 1. The average Bonchev–Trinajstić information content (AvgIpc) is 2.14. The molecule has 0 aliphatic heterocycles. The first-order valence-electron chi connectivity index (χ1n) is 4.23. The number of aliphatic carboxylic acids is 1. The summed E-state index contributed by atoms with van der Waals surface area (Å²) in [6.07, 6.45) is 0. The molecule has 15 heavy (non-hydrogen) atoms. The van der Waals surface area contributed by atoms with Crippen LogP contribution in [-0.2, 0) is 4.79 Å². The maximum atomic E-state index is 10.4. The van der Waals surface area contributed by atoms with Crippen molar-refractivity contribution in [3.8, 4) is 5.75 Å². The lowest BCUT2D eigenvalue weighted by molar-refractivity contribution is -0.139. The van der Waals surface area contributed by atoms with Gasteiger partial charge in [0, 0.05) is 3.57 Å². The minimum atomic E-state index is -0.957. The Labute approximate surface area is 115 Å². The van der Waals surface area contributed by atoms with Crippen LogP contribution in [0.1, 0.15) is 11.1 Å². The Hall–Kier alpha value is -0.0500. The monoisotopic (exact) mass is 432 g/mol. The summed E-state index contributed by atoms with van der Waals surface area (Å²) >= 11 is 4.44. The molecule has 0 saturated carbocycles. The molecule has 0 fully saturated rings. The predicted molar refractivity (Wildman–Crippen MR) is 74.5 cm³/mol. The standard InChI is InChI=1S/C10H10I2O3/c1-5-3-7(11)6(2)9(12)10(5)15-4-8(13)14/h3H,4H2,1-2H3,(H,13,14). The Kier molecular flexibility index (Phi) is 4.63. The molecular formula is C10H10I2O3. The predicted octanol–water partition coefficient (Wildman–Crippen LogP) is 2.98. The molecule has 1 aromatic rings. The highest BCUT2D eigenvalue weighted by Crippen LogP contribution is 2.31. The van der Waals surface area contributed by atoms with Crippen molar-refractivity contribution in [1.29, 1.82) is 0 Å². The first-order chi connectivity index (χ1) is 6.93. The average molecular weight is 432 g/mol. The summed E-state index contributed by atoms with van der Waals surface area (Å²) in [6.45, 7) is 3.62. The van der Waals surface area contributed by atoms with E-state index in [1.165, 1.54) is 0 Å². The van der Waals surface area contributed by atoms with Gasteiger partial charge in [0.05, 0.1) is 3.57 Å². The van der Waals surface area contributed by atoms with E-state index < -0.39 is 5.97 Å². The van der Waals surface area contributed by atoms with E-state index in [9.17, 15) is 4.79 Å². The van der Waals surface area contributed by atoms with Crippen LogP contribution in [0.2, 0.25) is 0 Å². The molecule has 0 aliphatic carbocycles. The van der Waals surface area contributed by atoms with Crippen LogP contribution in [0.15, 0.2) is 6.07 Å². The zero-order chi connectivity index (χ0) is 11.6. The van der Waals surface area contributed by atoms with E-state index in [0.717, 1.165) is 18.3 Å². The number of ether oxygens (including phenoxy) is 1. The highest BCUT2D eigenvalue weighted by molar-refractivity contribution is 14.1. The minimum Gasteiger partial charge on any atom is -0.481 e. The zero-order valence-corrected chi connectivity index (χ0v) is 12.6. The molecule has 82 valence electrons. The fourth-order valence-electron chi connectivity index (χ4n) is 1.12. The number of hydrogen-bond acceptors (Lipinski definition) is 2. The molecule has 0 atom stereocenters. The van der Waals surface area contributed by atoms with Crippen LogP contribution in [0.4, 0.5) is 0 Å². The highest BCUT2D eigenvalue weighted by Gasteiger charge is 2.12. The molecule has 1 aromatic carbocycles. The van der Waals surface area contributed by atoms with Gasteiger partial charge in [-0.15, -0.1) is 0 Å². The van der Waals surface area contributed by atoms with Gasteiger partial charge >= 0.3 is 5.97 Å². The topological polar surface area (TPSA) is 46.5 Å². The van der Waals surface area contributed by atoms with Crippen molar-refractivity contribution in [2.75, 3.05) is 6.61 Å². The third-order valence-electron chi connectivity index (χ3n) is 1.93. The summed E-state index contributed by atoms with van der Waals surface area (Å²) < 4.78 is 7.40. The summed E-state index contributed by atoms with van der Waals surface area (Å²) in [4.78, 5) is 10.4. The van der Waals surface area contributed by atoms with Crippen molar-refractivity contribution in [2.45, 2.75) is 13.8 Å². The summed E-state index contributed by atoms with van der Waals surface area (Å²) in [7, 11) is 0. The van der Waals surface area contributed by atoms with Crippen molar-refractivity contribution in [3.05, 3.63) is 24.3 Å². The van der Waals surface area contributed by atoms with Crippen molar-refractivity contribution in [1.82, 2.24) is 0 Å². The maximum Gasteiger partial charge on any atom is 0.341 e. The molecule has 0 bridgehead atoms. The second-order valence-corrected chi connectivity index (χ2v) is 5.37. The van der Waals surface area contributed by atoms with Crippen molar-refractivity contribution in [3.63, 3.8) is 0 Å². The highest BCUT2D eigenvalue weighted by atomic mass is 127. The summed E-state index contributed by atoms with van der Waals surface area (Å²) in [5, 5.41) is 8.55. The van der Waals surface area contributed by atoms with Gasteiger partial charge in [-0.3, -0.25) is 0 Å². The van der Waals surface area contributed by atoms with Gasteiger partial charge in [-0.25, -0.2) is 4.79 Å². The lowest BCUT2D eigenvalue weighted by Gasteiger charge is -2.12. The SMILES string of the molecule is Cc1cc(I)c(C)c(I)c1OCC(=O)O. The molecule has 0 amide bonds. The molecular weight excluding hydrogens is 422 g/mol. The summed E-state index contributed by atoms with van der Waals surface area (Å²) in [5.74, 6) is -0.280. The number of aryl methyl sites for hydroxylation is 1. The second-order valence-electron chi connectivity index (χ2n) is 3.13. The molecule has 0 radical (unpaired) electrons. The normalized spacial score (nSPS) is 10.1. The quantitative estimate of drug-likeness (QED) is 0.748. The zero-order valence-electron chi connectivity index (χ0n) is 8.30. The Morgan fingerprint density at radius 2 is 2.07 bits per heavy atom. The summed E-state index contributed by atoms with van der Waals surface area (Å²) in [6, 6.07) is 2.00. The van der Waals surface area contributed by atoms with E-state index in [0.29, 0.717) is 5.75 Å². The van der Waals surface area contributed by atoms with Crippen molar-refractivity contribution < 1.29 is 14.6 Å². The number of halogens is 2. The number of rotatable bonds is 3. The molecule has 0 heterocycles. The van der Waals surface area contributed by atoms with Gasteiger partial charge in [-0.1, -0.05) is 0 Å². The van der Waals surface area contributed by atoms with Crippen LogP contribution in [0.25, 0.3) is 0 Å². The van der Waals surface area contributed by atoms with Crippen LogP contribution in [0.5, 0.6) is 5.75 Å².